The Bertz CT molecular complexity index is 1350. The average molecular weight is 570 g/mol. The van der Waals surface area contributed by atoms with Gasteiger partial charge in [0.1, 0.15) is 12.6 Å². The number of sulfonamides is 1. The summed E-state index contributed by atoms with van der Waals surface area (Å²) >= 11 is 6.42. The summed E-state index contributed by atoms with van der Waals surface area (Å²) in [6, 6.07) is 21.4. The molecule has 0 saturated heterocycles. The number of aryl methyl sites for hydroxylation is 1. The molecule has 39 heavy (non-hydrogen) atoms. The Morgan fingerprint density at radius 2 is 1.54 bits per heavy atom. The van der Waals surface area contributed by atoms with E-state index in [0.717, 1.165) is 22.7 Å². The Labute approximate surface area is 236 Å². The quantitative estimate of drug-likeness (QED) is 0.297. The molecule has 0 aliphatic carbocycles. The predicted molar refractivity (Wildman–Crippen MR) is 156 cm³/mol. The number of nitrogens with one attached hydrogen (secondary N) is 1. The van der Waals surface area contributed by atoms with Crippen molar-refractivity contribution in [3.8, 4) is 0 Å². The van der Waals surface area contributed by atoms with E-state index in [9.17, 15) is 18.0 Å². The largest absolute Gasteiger partial charge is 0.354 e. The maximum absolute atomic E-state index is 14.0. The first-order valence-electron chi connectivity index (χ1n) is 13.2. The summed E-state index contributed by atoms with van der Waals surface area (Å²) in [5.41, 5.74) is 2.07. The lowest BCUT2D eigenvalue weighted by Crippen LogP contribution is -2.52. The molecule has 1 atom stereocenters. The van der Waals surface area contributed by atoms with Gasteiger partial charge in [0.05, 0.1) is 10.6 Å². The van der Waals surface area contributed by atoms with E-state index < -0.39 is 28.5 Å². The molecule has 3 rings (SSSR count). The number of anilines is 1. The van der Waals surface area contributed by atoms with E-state index >= 15 is 0 Å². The molecule has 7 nitrogen and oxygen atoms in total. The van der Waals surface area contributed by atoms with Gasteiger partial charge in [-0.3, -0.25) is 13.9 Å². The van der Waals surface area contributed by atoms with Gasteiger partial charge in [0.25, 0.3) is 10.0 Å². The molecule has 0 aliphatic heterocycles. The molecule has 1 N–H and O–H groups in total. The maximum atomic E-state index is 14.0. The smallest absolute Gasteiger partial charge is 0.264 e. The summed E-state index contributed by atoms with van der Waals surface area (Å²) in [4.78, 5) is 28.7. The Balaban J connectivity index is 2.05. The minimum Gasteiger partial charge on any atom is -0.354 e. The monoisotopic (exact) mass is 569 g/mol. The lowest BCUT2D eigenvalue weighted by atomic mass is 10.1. The zero-order valence-electron chi connectivity index (χ0n) is 22.6. The Hall–Kier alpha value is -3.36. The molecule has 0 heterocycles. The lowest BCUT2D eigenvalue weighted by Gasteiger charge is -2.33. The van der Waals surface area contributed by atoms with Crippen molar-refractivity contribution in [1.82, 2.24) is 10.2 Å². The van der Waals surface area contributed by atoms with E-state index in [1.165, 1.54) is 17.0 Å². The van der Waals surface area contributed by atoms with Gasteiger partial charge in [0, 0.05) is 18.1 Å². The highest BCUT2D eigenvalue weighted by atomic mass is 35.5. The van der Waals surface area contributed by atoms with Gasteiger partial charge in [0.2, 0.25) is 11.8 Å². The standard InChI is InChI=1S/C30H36ClN3O4S/c1-4-20-32-30(36)28(6-3)33(21-24-12-10-11-15-27(24)31)29(35)22-34(25-18-16-23(5-2)17-19-25)39(37,38)26-13-8-7-9-14-26/h7-19,28H,4-6,20-22H2,1-3H3,(H,32,36). The summed E-state index contributed by atoms with van der Waals surface area (Å²) in [7, 11) is -4.09. The van der Waals surface area contributed by atoms with Gasteiger partial charge in [-0.25, -0.2) is 8.42 Å². The Morgan fingerprint density at radius 3 is 2.13 bits per heavy atom. The van der Waals surface area contributed by atoms with Crippen LogP contribution in [0.3, 0.4) is 0 Å². The van der Waals surface area contributed by atoms with Crippen molar-refractivity contribution in [2.45, 2.75) is 57.5 Å². The van der Waals surface area contributed by atoms with E-state index in [-0.39, 0.29) is 17.3 Å². The normalized spacial score (nSPS) is 12.0. The van der Waals surface area contributed by atoms with Gasteiger partial charge in [-0.15, -0.1) is 0 Å². The van der Waals surface area contributed by atoms with Crippen molar-refractivity contribution in [1.29, 1.82) is 0 Å². The van der Waals surface area contributed by atoms with E-state index in [1.807, 2.05) is 39.0 Å². The molecule has 0 spiro atoms. The van der Waals surface area contributed by atoms with Crippen LogP contribution in [0.1, 0.15) is 44.7 Å². The van der Waals surface area contributed by atoms with Gasteiger partial charge in [0.15, 0.2) is 0 Å². The Kier molecular flexibility index (Phi) is 10.9. The van der Waals surface area contributed by atoms with Crippen molar-refractivity contribution in [3.63, 3.8) is 0 Å². The van der Waals surface area contributed by atoms with E-state index in [1.54, 1.807) is 48.5 Å². The number of carbonyl (C=O) groups excluding carboxylic acids is 2. The number of nitrogens with zero attached hydrogens (tertiary/aromatic N) is 2. The van der Waals surface area contributed by atoms with Gasteiger partial charge in [-0.2, -0.15) is 0 Å². The van der Waals surface area contributed by atoms with Crippen LogP contribution >= 0.6 is 11.6 Å². The molecule has 0 aliphatic rings. The van der Waals surface area contributed by atoms with Crippen LogP contribution in [0.25, 0.3) is 0 Å². The summed E-state index contributed by atoms with van der Waals surface area (Å²) in [5, 5.41) is 3.34. The maximum Gasteiger partial charge on any atom is 0.264 e. The number of hydrogen-bond donors (Lipinski definition) is 1. The fourth-order valence-corrected chi connectivity index (χ4v) is 5.87. The van der Waals surface area contributed by atoms with Gasteiger partial charge < -0.3 is 10.2 Å². The van der Waals surface area contributed by atoms with Gasteiger partial charge in [-0.1, -0.05) is 80.9 Å². The molecule has 1 unspecified atom stereocenters. The SMILES string of the molecule is CCCNC(=O)C(CC)N(Cc1ccccc1Cl)C(=O)CN(c1ccc(CC)cc1)S(=O)(=O)c1ccccc1. The second-order valence-electron chi connectivity index (χ2n) is 9.17. The third-order valence-electron chi connectivity index (χ3n) is 6.48. The van der Waals surface area contributed by atoms with Crippen LogP contribution in [0.4, 0.5) is 5.69 Å². The minimum atomic E-state index is -4.09. The molecule has 0 bridgehead atoms. The topological polar surface area (TPSA) is 86.8 Å². The van der Waals surface area contributed by atoms with E-state index in [0.29, 0.717) is 29.2 Å². The molecule has 208 valence electrons. The van der Waals surface area contributed by atoms with Crippen LogP contribution in [0.2, 0.25) is 5.02 Å². The summed E-state index contributed by atoms with van der Waals surface area (Å²) in [6.07, 6.45) is 1.89. The number of halogens is 1. The zero-order valence-corrected chi connectivity index (χ0v) is 24.2. The number of rotatable bonds is 13. The molecular weight excluding hydrogens is 534 g/mol. The summed E-state index contributed by atoms with van der Waals surface area (Å²) in [6.45, 7) is 5.84. The van der Waals surface area contributed by atoms with Crippen LogP contribution in [-0.2, 0) is 32.6 Å². The third kappa shape index (κ3) is 7.61. The number of amides is 2. The van der Waals surface area contributed by atoms with Gasteiger partial charge in [-0.05, 0) is 60.7 Å². The highest BCUT2D eigenvalue weighted by molar-refractivity contribution is 7.92. The van der Waals surface area contributed by atoms with E-state index in [4.69, 9.17) is 11.6 Å². The molecular formula is C30H36ClN3O4S. The van der Waals surface area contributed by atoms with Crippen molar-refractivity contribution in [3.05, 3.63) is 95.0 Å². The molecule has 2 amide bonds. The molecule has 0 saturated carbocycles. The van der Waals surface area contributed by atoms with Crippen LogP contribution in [0.5, 0.6) is 0 Å². The van der Waals surface area contributed by atoms with Crippen LogP contribution in [0.15, 0.2) is 83.8 Å². The first kappa shape index (κ1) is 30.2. The van der Waals surface area contributed by atoms with Gasteiger partial charge >= 0.3 is 0 Å². The first-order chi connectivity index (χ1) is 18.7. The molecule has 0 aromatic heterocycles. The lowest BCUT2D eigenvalue weighted by molar-refractivity contribution is -0.140. The molecule has 3 aromatic rings. The highest BCUT2D eigenvalue weighted by Gasteiger charge is 2.33. The fraction of sp³-hybridized carbons (Fsp3) is 0.333. The van der Waals surface area contributed by atoms with Crippen molar-refractivity contribution in [2.24, 2.45) is 0 Å². The number of carbonyl (C=O) groups is 2. The second kappa shape index (κ2) is 14.1. The number of benzene rings is 3. The van der Waals surface area contributed by atoms with Crippen molar-refractivity contribution < 1.29 is 18.0 Å². The van der Waals surface area contributed by atoms with Crippen LogP contribution < -0.4 is 9.62 Å². The molecule has 9 heteroatoms. The number of hydrogen-bond acceptors (Lipinski definition) is 4. The fourth-order valence-electron chi connectivity index (χ4n) is 4.24. The van der Waals surface area contributed by atoms with E-state index in [2.05, 4.69) is 5.32 Å². The first-order valence-corrected chi connectivity index (χ1v) is 15.0. The average Bonchev–Trinajstić information content (AvgIpc) is 2.96. The summed E-state index contributed by atoms with van der Waals surface area (Å²) in [5.74, 6) is -0.794. The molecule has 3 aromatic carbocycles. The second-order valence-corrected chi connectivity index (χ2v) is 11.4. The Morgan fingerprint density at radius 1 is 0.897 bits per heavy atom. The third-order valence-corrected chi connectivity index (χ3v) is 8.63. The zero-order chi connectivity index (χ0) is 28.4. The summed E-state index contributed by atoms with van der Waals surface area (Å²) < 4.78 is 28.8. The van der Waals surface area contributed by atoms with Crippen LogP contribution in [0, 0.1) is 0 Å². The minimum absolute atomic E-state index is 0.0601. The predicted octanol–water partition coefficient (Wildman–Crippen LogP) is 5.43. The highest BCUT2D eigenvalue weighted by Crippen LogP contribution is 2.26. The van der Waals surface area contributed by atoms with Crippen molar-refractivity contribution in [2.75, 3.05) is 17.4 Å². The molecule has 0 radical (unpaired) electrons. The van der Waals surface area contributed by atoms with Crippen molar-refractivity contribution >= 4 is 39.1 Å². The molecule has 0 fully saturated rings. The van der Waals surface area contributed by atoms with Crippen LogP contribution in [-0.4, -0.2) is 44.3 Å².